The molecule has 0 bridgehead atoms. The number of esters is 1. The predicted molar refractivity (Wildman–Crippen MR) is 229 cm³/mol. The molecule has 9 heteroatoms. The summed E-state index contributed by atoms with van der Waals surface area (Å²) in [4.78, 5) is 32.3. The molecule has 0 radical (unpaired) electrons. The summed E-state index contributed by atoms with van der Waals surface area (Å²) in [5.74, 6) is -1.97. The van der Waals surface area contributed by atoms with Gasteiger partial charge in [0.2, 0.25) is 0 Å². The maximum absolute atomic E-state index is 14.1. The minimum absolute atomic E-state index is 0.0155. The number of halogens is 1. The molecule has 8 nitrogen and oxygen atoms in total. The van der Waals surface area contributed by atoms with Crippen molar-refractivity contribution in [1.82, 2.24) is 4.98 Å². The van der Waals surface area contributed by atoms with Crippen LogP contribution in [-0.4, -0.2) is 50.4 Å². The highest BCUT2D eigenvalue weighted by Crippen LogP contribution is 2.76. The summed E-state index contributed by atoms with van der Waals surface area (Å²) in [5, 5.41) is 26.5. The van der Waals surface area contributed by atoms with Crippen LogP contribution in [0.4, 0.5) is 0 Å². The van der Waals surface area contributed by atoms with Crippen LogP contribution in [0, 0.1) is 29.1 Å². The Hall–Kier alpha value is -5.12. The maximum atomic E-state index is 14.1. The summed E-state index contributed by atoms with van der Waals surface area (Å²) in [6.07, 6.45) is 6.12. The summed E-state index contributed by atoms with van der Waals surface area (Å²) in [6.45, 7) is 7.89. The molecule has 60 heavy (non-hydrogen) atoms. The number of ether oxygens (including phenoxy) is 2. The van der Waals surface area contributed by atoms with Crippen molar-refractivity contribution in [1.29, 1.82) is 0 Å². The molecule has 2 saturated carbocycles. The minimum Gasteiger partial charge on any atom is -0.458 e. The van der Waals surface area contributed by atoms with Gasteiger partial charge in [-0.15, -0.1) is 0 Å². The maximum Gasteiger partial charge on any atom is 0.306 e. The summed E-state index contributed by atoms with van der Waals surface area (Å²) >= 11 is 6.06. The highest BCUT2D eigenvalue weighted by Gasteiger charge is 2.83. The standard InChI is InChI=1S/C51H50ClNO7/c1-32-26-42-48(56,46(32)55)29-34(31-58-51(36-14-8-5-9-15-36,37-16-10-6-11-17-37)38-18-12-7-13-19-38)27-40-45-47(3,4)49(45,28-33(2)50(40,42)57)60-44(54)25-24-43-53-30-41(59-43)35-20-22-39(52)23-21-35/h5-23,26-27,30,33,40,42,45,56-57H,24-25,28-29,31H2,1-4H3/t33-,40+,42-,45-,48-,49+,50-/m1/s1. The molecule has 0 saturated heterocycles. The van der Waals surface area contributed by atoms with E-state index in [9.17, 15) is 19.8 Å². The highest BCUT2D eigenvalue weighted by molar-refractivity contribution is 6.30. The van der Waals surface area contributed by atoms with Crippen LogP contribution < -0.4 is 0 Å². The molecule has 0 unspecified atom stereocenters. The Bertz CT molecular complexity index is 2380. The molecule has 4 aliphatic rings. The van der Waals surface area contributed by atoms with Crippen LogP contribution in [0.25, 0.3) is 11.3 Å². The van der Waals surface area contributed by atoms with E-state index < -0.39 is 45.6 Å². The number of hydrogen-bond acceptors (Lipinski definition) is 8. The van der Waals surface area contributed by atoms with Crippen molar-refractivity contribution in [2.45, 2.75) is 75.8 Å². The quantitative estimate of drug-likeness (QED) is 0.0769. The van der Waals surface area contributed by atoms with Gasteiger partial charge in [-0.05, 0) is 71.4 Å². The van der Waals surface area contributed by atoms with E-state index in [1.807, 2.05) is 79.7 Å². The highest BCUT2D eigenvalue weighted by atomic mass is 35.5. The van der Waals surface area contributed by atoms with E-state index in [0.29, 0.717) is 34.2 Å². The zero-order valence-electron chi connectivity index (χ0n) is 34.3. The van der Waals surface area contributed by atoms with E-state index in [1.165, 1.54) is 0 Å². The molecular formula is C51H50ClNO7. The first-order valence-corrected chi connectivity index (χ1v) is 21.2. The summed E-state index contributed by atoms with van der Waals surface area (Å²) in [7, 11) is 0. The number of carbonyl (C=O) groups is 2. The molecule has 4 aromatic carbocycles. The van der Waals surface area contributed by atoms with E-state index in [0.717, 1.165) is 22.3 Å². The number of aryl methyl sites for hydroxylation is 1. The Kier molecular flexibility index (Phi) is 9.94. The second-order valence-electron chi connectivity index (χ2n) is 17.9. The van der Waals surface area contributed by atoms with Crippen LogP contribution in [0.15, 0.2) is 149 Å². The minimum atomic E-state index is -1.89. The van der Waals surface area contributed by atoms with Gasteiger partial charge < -0.3 is 24.1 Å². The Morgan fingerprint density at radius 3 is 2.05 bits per heavy atom. The lowest BCUT2D eigenvalue weighted by molar-refractivity contribution is -0.187. The van der Waals surface area contributed by atoms with Crippen molar-refractivity contribution >= 4 is 23.4 Å². The average molecular weight is 824 g/mol. The number of Topliss-reactive ketones (excluding diaryl/α,β-unsaturated/α-hetero) is 1. The van der Waals surface area contributed by atoms with Crippen LogP contribution in [0.5, 0.6) is 0 Å². The molecule has 1 aromatic heterocycles. The third-order valence-corrected chi connectivity index (χ3v) is 14.5. The molecule has 5 aromatic rings. The van der Waals surface area contributed by atoms with Gasteiger partial charge in [-0.2, -0.15) is 0 Å². The zero-order valence-corrected chi connectivity index (χ0v) is 35.1. The SMILES string of the molecule is CC1=C[C@H]2[C@@]3(O)[C@H](C)C[C@]4(OC(=O)CCc5ncc(-c6ccc(Cl)cc6)o5)[C@H]([C@@H]3C=C(COC(c3ccccc3)(c3ccccc3)c3ccccc3)C[C@]2(O)C1=O)C4(C)C. The lowest BCUT2D eigenvalue weighted by Crippen LogP contribution is -2.61. The number of fused-ring (bicyclic) bond motifs is 5. The Labute approximate surface area is 355 Å². The van der Waals surface area contributed by atoms with Crippen molar-refractivity contribution in [3.05, 3.63) is 172 Å². The predicted octanol–water partition coefficient (Wildman–Crippen LogP) is 9.47. The second-order valence-corrected chi connectivity index (χ2v) is 18.3. The molecule has 308 valence electrons. The van der Waals surface area contributed by atoms with Crippen LogP contribution in [0.2, 0.25) is 5.02 Å². The van der Waals surface area contributed by atoms with E-state index >= 15 is 0 Å². The fourth-order valence-electron chi connectivity index (χ4n) is 11.2. The van der Waals surface area contributed by atoms with Gasteiger partial charge in [-0.25, -0.2) is 4.98 Å². The Morgan fingerprint density at radius 2 is 1.47 bits per heavy atom. The lowest BCUT2D eigenvalue weighted by atomic mass is 9.60. The Balaban J connectivity index is 1.06. The van der Waals surface area contributed by atoms with Gasteiger partial charge in [0, 0.05) is 46.6 Å². The average Bonchev–Trinajstić information content (AvgIpc) is 3.49. The van der Waals surface area contributed by atoms with Crippen LogP contribution in [-0.2, 0) is 31.1 Å². The van der Waals surface area contributed by atoms with Crippen LogP contribution >= 0.6 is 11.6 Å². The largest absolute Gasteiger partial charge is 0.458 e. The van der Waals surface area contributed by atoms with Crippen molar-refractivity contribution < 1.29 is 33.7 Å². The molecule has 0 spiro atoms. The number of rotatable bonds is 11. The number of oxazole rings is 1. The van der Waals surface area contributed by atoms with Crippen LogP contribution in [0.1, 0.15) is 69.5 Å². The third kappa shape index (κ3) is 6.25. The summed E-state index contributed by atoms with van der Waals surface area (Å²) in [6, 6.07) is 37.5. The summed E-state index contributed by atoms with van der Waals surface area (Å²) < 4.78 is 19.8. The van der Waals surface area contributed by atoms with Crippen LogP contribution in [0.3, 0.4) is 0 Å². The fourth-order valence-corrected chi connectivity index (χ4v) is 11.3. The second kappa shape index (κ2) is 14.8. The molecule has 0 amide bonds. The van der Waals surface area contributed by atoms with Crippen molar-refractivity contribution in [2.24, 2.45) is 29.1 Å². The normalized spacial score (nSPS) is 29.0. The number of hydrogen-bond donors (Lipinski definition) is 2. The number of aliphatic hydroxyl groups is 2. The van der Waals surface area contributed by atoms with Gasteiger partial charge in [0.05, 0.1) is 24.8 Å². The number of nitrogens with zero attached hydrogens (tertiary/aromatic N) is 1. The molecule has 1 heterocycles. The smallest absolute Gasteiger partial charge is 0.306 e. The zero-order chi connectivity index (χ0) is 42.1. The van der Waals surface area contributed by atoms with Gasteiger partial charge >= 0.3 is 5.97 Å². The molecule has 2 fully saturated rings. The first kappa shape index (κ1) is 40.3. The fraction of sp³-hybridized carbons (Fsp3) is 0.353. The van der Waals surface area contributed by atoms with Crippen molar-refractivity contribution in [3.8, 4) is 11.3 Å². The van der Waals surface area contributed by atoms with Gasteiger partial charge in [-0.1, -0.05) is 136 Å². The molecule has 2 N–H and O–H groups in total. The van der Waals surface area contributed by atoms with Gasteiger partial charge in [0.25, 0.3) is 0 Å². The van der Waals surface area contributed by atoms with Gasteiger partial charge in [-0.3, -0.25) is 9.59 Å². The van der Waals surface area contributed by atoms with E-state index in [4.69, 9.17) is 25.5 Å². The van der Waals surface area contributed by atoms with Crippen molar-refractivity contribution in [2.75, 3.05) is 6.61 Å². The lowest BCUT2D eigenvalue weighted by Gasteiger charge is -2.50. The van der Waals surface area contributed by atoms with E-state index in [2.05, 4.69) is 55.2 Å². The molecule has 0 aliphatic heterocycles. The van der Waals surface area contributed by atoms with Gasteiger partial charge in [0.1, 0.15) is 16.8 Å². The first-order valence-electron chi connectivity index (χ1n) is 20.8. The molecule has 4 aliphatic carbocycles. The number of ketones is 1. The number of benzene rings is 4. The molecule has 7 atom stereocenters. The third-order valence-electron chi connectivity index (χ3n) is 14.2. The first-order chi connectivity index (χ1) is 28.7. The Morgan fingerprint density at radius 1 is 0.883 bits per heavy atom. The summed E-state index contributed by atoms with van der Waals surface area (Å²) in [5.41, 5.74) is -1.16. The molecule has 9 rings (SSSR count). The monoisotopic (exact) mass is 823 g/mol. The number of carbonyl (C=O) groups excluding carboxylic acids is 2. The number of aromatic nitrogens is 1. The molecular weight excluding hydrogens is 774 g/mol. The van der Waals surface area contributed by atoms with Crippen molar-refractivity contribution in [3.63, 3.8) is 0 Å². The van der Waals surface area contributed by atoms with E-state index in [1.54, 1.807) is 31.3 Å². The topological polar surface area (TPSA) is 119 Å². The van der Waals surface area contributed by atoms with Gasteiger partial charge in [0.15, 0.2) is 17.4 Å². The van der Waals surface area contributed by atoms with E-state index in [-0.39, 0.29) is 43.5 Å².